The molecule has 2 aromatic rings. The zero-order valence-electron chi connectivity index (χ0n) is 10.9. The van der Waals surface area contributed by atoms with Crippen LogP contribution in [0.2, 0.25) is 0 Å². The van der Waals surface area contributed by atoms with E-state index in [1.807, 2.05) is 0 Å². The largest absolute Gasteiger partial charge is 0.353 e. The summed E-state index contributed by atoms with van der Waals surface area (Å²) in [5.41, 5.74) is 4.14. The molecule has 1 aromatic carbocycles. The third-order valence-electron chi connectivity index (χ3n) is 3.93. The van der Waals surface area contributed by atoms with Gasteiger partial charge in [0.1, 0.15) is 0 Å². The van der Waals surface area contributed by atoms with Crippen LogP contribution < -0.4 is 5.32 Å². The Bertz CT molecular complexity index is 612. The summed E-state index contributed by atoms with van der Waals surface area (Å²) in [4.78, 5) is 11.2. The topological polar surface area (TPSA) is 34.0 Å². The molecular formula is C15H18N2O. The van der Waals surface area contributed by atoms with Gasteiger partial charge in [0.15, 0.2) is 0 Å². The molecule has 3 nitrogen and oxygen atoms in total. The van der Waals surface area contributed by atoms with Crippen LogP contribution >= 0.6 is 0 Å². The summed E-state index contributed by atoms with van der Waals surface area (Å²) in [6.45, 7) is 1.60. The van der Waals surface area contributed by atoms with E-state index < -0.39 is 0 Å². The van der Waals surface area contributed by atoms with E-state index in [-0.39, 0.29) is 5.91 Å². The Kier molecular flexibility index (Phi) is 2.62. The number of aryl methyl sites for hydroxylation is 1. The van der Waals surface area contributed by atoms with Crippen molar-refractivity contribution < 1.29 is 4.79 Å². The third kappa shape index (κ3) is 1.70. The minimum atomic E-state index is 0.0729. The van der Waals surface area contributed by atoms with Crippen LogP contribution in [-0.4, -0.2) is 16.5 Å². The van der Waals surface area contributed by atoms with Crippen LogP contribution in [0.4, 0.5) is 0 Å². The minimum absolute atomic E-state index is 0.0729. The van der Waals surface area contributed by atoms with Gasteiger partial charge in [-0.3, -0.25) is 4.79 Å². The molecule has 0 bridgehead atoms. The molecule has 0 saturated carbocycles. The molecule has 1 aliphatic carbocycles. The van der Waals surface area contributed by atoms with E-state index in [0.29, 0.717) is 6.04 Å². The van der Waals surface area contributed by atoms with Gasteiger partial charge in [-0.1, -0.05) is 18.2 Å². The Balaban J connectivity index is 2.04. The molecular weight excluding hydrogens is 224 g/mol. The number of benzene rings is 1. The normalized spacial score (nSPS) is 18.7. The predicted octanol–water partition coefficient (Wildman–Crippen LogP) is 2.17. The van der Waals surface area contributed by atoms with Crippen LogP contribution in [0.1, 0.15) is 24.6 Å². The molecule has 1 amide bonds. The van der Waals surface area contributed by atoms with Crippen LogP contribution in [-0.2, 0) is 24.7 Å². The average Bonchev–Trinajstić information content (AvgIpc) is 2.63. The lowest BCUT2D eigenvalue weighted by Gasteiger charge is -2.24. The molecule has 1 atom stereocenters. The van der Waals surface area contributed by atoms with Gasteiger partial charge < -0.3 is 9.88 Å². The molecule has 1 aliphatic rings. The lowest BCUT2D eigenvalue weighted by atomic mass is 9.91. The first kappa shape index (κ1) is 11.3. The van der Waals surface area contributed by atoms with Crippen molar-refractivity contribution in [2.75, 3.05) is 0 Å². The highest BCUT2D eigenvalue weighted by atomic mass is 16.1. The SMILES string of the molecule is CC(=O)NC1CCc2c(c3ccccc3n2C)C1. The molecule has 0 fully saturated rings. The maximum atomic E-state index is 11.2. The van der Waals surface area contributed by atoms with E-state index in [1.54, 1.807) is 6.92 Å². The second-order valence-electron chi connectivity index (χ2n) is 5.14. The predicted molar refractivity (Wildman–Crippen MR) is 72.5 cm³/mol. The van der Waals surface area contributed by atoms with Gasteiger partial charge in [-0.15, -0.1) is 0 Å². The van der Waals surface area contributed by atoms with E-state index in [9.17, 15) is 4.79 Å². The Morgan fingerprint density at radius 3 is 2.94 bits per heavy atom. The maximum Gasteiger partial charge on any atom is 0.217 e. The molecule has 0 radical (unpaired) electrons. The van der Waals surface area contributed by atoms with Crippen molar-refractivity contribution in [2.45, 2.75) is 32.2 Å². The Morgan fingerprint density at radius 1 is 1.39 bits per heavy atom. The molecule has 0 saturated heterocycles. The van der Waals surface area contributed by atoms with E-state index in [4.69, 9.17) is 0 Å². The zero-order chi connectivity index (χ0) is 12.7. The third-order valence-corrected chi connectivity index (χ3v) is 3.93. The van der Waals surface area contributed by atoms with Crippen LogP contribution in [0, 0.1) is 0 Å². The fourth-order valence-corrected chi connectivity index (χ4v) is 3.14. The Morgan fingerprint density at radius 2 is 2.17 bits per heavy atom. The fourth-order valence-electron chi connectivity index (χ4n) is 3.14. The molecule has 18 heavy (non-hydrogen) atoms. The highest BCUT2D eigenvalue weighted by Crippen LogP contribution is 2.31. The number of aromatic nitrogens is 1. The van der Waals surface area contributed by atoms with Gasteiger partial charge in [0.2, 0.25) is 5.91 Å². The number of rotatable bonds is 1. The number of carbonyl (C=O) groups excluding carboxylic acids is 1. The van der Waals surface area contributed by atoms with Crippen molar-refractivity contribution in [2.24, 2.45) is 7.05 Å². The first-order valence-electron chi connectivity index (χ1n) is 6.49. The van der Waals surface area contributed by atoms with Crippen LogP contribution in [0.5, 0.6) is 0 Å². The summed E-state index contributed by atoms with van der Waals surface area (Å²) >= 11 is 0. The molecule has 1 heterocycles. The lowest BCUT2D eigenvalue weighted by molar-refractivity contribution is -0.119. The zero-order valence-corrected chi connectivity index (χ0v) is 10.9. The highest BCUT2D eigenvalue weighted by molar-refractivity contribution is 5.86. The molecule has 94 valence electrons. The van der Waals surface area contributed by atoms with Crippen molar-refractivity contribution in [3.8, 4) is 0 Å². The maximum absolute atomic E-state index is 11.2. The Hall–Kier alpha value is -1.77. The van der Waals surface area contributed by atoms with Crippen molar-refractivity contribution >= 4 is 16.8 Å². The first-order chi connectivity index (χ1) is 8.66. The monoisotopic (exact) mass is 242 g/mol. The summed E-state index contributed by atoms with van der Waals surface area (Å²) in [7, 11) is 2.14. The molecule has 1 N–H and O–H groups in total. The summed E-state index contributed by atoms with van der Waals surface area (Å²) in [6.07, 6.45) is 3.04. The van der Waals surface area contributed by atoms with Crippen molar-refractivity contribution in [3.63, 3.8) is 0 Å². The minimum Gasteiger partial charge on any atom is -0.353 e. The van der Waals surface area contributed by atoms with Crippen LogP contribution in [0.15, 0.2) is 24.3 Å². The number of carbonyl (C=O) groups is 1. The smallest absolute Gasteiger partial charge is 0.217 e. The van der Waals surface area contributed by atoms with E-state index in [1.165, 1.54) is 22.2 Å². The second kappa shape index (κ2) is 4.16. The highest BCUT2D eigenvalue weighted by Gasteiger charge is 2.24. The molecule has 1 unspecified atom stereocenters. The number of hydrogen-bond acceptors (Lipinski definition) is 1. The lowest BCUT2D eigenvalue weighted by Crippen LogP contribution is -2.37. The number of para-hydroxylation sites is 1. The van der Waals surface area contributed by atoms with Crippen LogP contribution in [0.3, 0.4) is 0 Å². The number of amides is 1. The molecule has 3 heteroatoms. The molecule has 0 aliphatic heterocycles. The molecule has 1 aromatic heterocycles. The number of nitrogens with one attached hydrogen (secondary N) is 1. The van der Waals surface area contributed by atoms with Gasteiger partial charge in [-0.25, -0.2) is 0 Å². The molecule has 3 rings (SSSR count). The van der Waals surface area contributed by atoms with Gasteiger partial charge in [-0.05, 0) is 30.9 Å². The number of nitrogens with zero attached hydrogens (tertiary/aromatic N) is 1. The first-order valence-corrected chi connectivity index (χ1v) is 6.49. The van der Waals surface area contributed by atoms with E-state index in [2.05, 4.69) is 41.2 Å². The number of fused-ring (bicyclic) bond motifs is 3. The average molecular weight is 242 g/mol. The van der Waals surface area contributed by atoms with Crippen molar-refractivity contribution in [1.82, 2.24) is 9.88 Å². The Labute approximate surface area is 107 Å². The molecule has 0 spiro atoms. The summed E-state index contributed by atoms with van der Waals surface area (Å²) in [5.74, 6) is 0.0729. The van der Waals surface area contributed by atoms with Crippen LogP contribution in [0.25, 0.3) is 10.9 Å². The van der Waals surface area contributed by atoms with E-state index in [0.717, 1.165) is 19.3 Å². The number of hydrogen-bond donors (Lipinski definition) is 1. The summed E-state index contributed by atoms with van der Waals surface area (Å²) in [6, 6.07) is 8.82. The summed E-state index contributed by atoms with van der Waals surface area (Å²) in [5, 5.41) is 4.39. The van der Waals surface area contributed by atoms with Gasteiger partial charge in [0, 0.05) is 36.6 Å². The standard InChI is InChI=1S/C15H18N2O/c1-10(18)16-11-7-8-15-13(9-11)12-5-3-4-6-14(12)17(15)2/h3-6,11H,7-9H2,1-2H3,(H,16,18). The summed E-state index contributed by atoms with van der Waals surface area (Å²) < 4.78 is 2.30. The second-order valence-corrected chi connectivity index (χ2v) is 5.14. The van der Waals surface area contributed by atoms with Gasteiger partial charge in [-0.2, -0.15) is 0 Å². The fraction of sp³-hybridized carbons (Fsp3) is 0.400. The van der Waals surface area contributed by atoms with Crippen molar-refractivity contribution in [1.29, 1.82) is 0 Å². The van der Waals surface area contributed by atoms with E-state index >= 15 is 0 Å². The van der Waals surface area contributed by atoms with Gasteiger partial charge >= 0.3 is 0 Å². The van der Waals surface area contributed by atoms with Crippen molar-refractivity contribution in [3.05, 3.63) is 35.5 Å². The van der Waals surface area contributed by atoms with Gasteiger partial charge in [0.25, 0.3) is 0 Å². The quantitative estimate of drug-likeness (QED) is 0.817. The van der Waals surface area contributed by atoms with Gasteiger partial charge in [0.05, 0.1) is 0 Å².